The summed E-state index contributed by atoms with van der Waals surface area (Å²) in [6, 6.07) is 11.0. The topological polar surface area (TPSA) is 107 Å². The molecule has 0 unspecified atom stereocenters. The van der Waals surface area contributed by atoms with Crippen molar-refractivity contribution >= 4 is 28.5 Å². The number of halogens is 1. The van der Waals surface area contributed by atoms with Gasteiger partial charge in [0, 0.05) is 35.9 Å². The smallest absolute Gasteiger partial charge is 0.257 e. The van der Waals surface area contributed by atoms with Crippen LogP contribution in [0, 0.1) is 5.82 Å². The minimum atomic E-state index is -0.679. The third-order valence-corrected chi connectivity index (χ3v) is 5.25. The first-order valence-corrected chi connectivity index (χ1v) is 10.3. The van der Waals surface area contributed by atoms with Gasteiger partial charge in [-0.05, 0) is 36.4 Å². The van der Waals surface area contributed by atoms with Gasteiger partial charge in [-0.3, -0.25) is 9.59 Å². The minimum absolute atomic E-state index is 0.163. The third-order valence-electron chi connectivity index (χ3n) is 5.25. The van der Waals surface area contributed by atoms with Crippen LogP contribution in [0.5, 0.6) is 11.5 Å². The van der Waals surface area contributed by atoms with E-state index in [4.69, 9.17) is 9.47 Å². The summed E-state index contributed by atoms with van der Waals surface area (Å²) in [7, 11) is 4.57. The molecule has 0 saturated carbocycles. The first kappa shape index (κ1) is 22.7. The van der Waals surface area contributed by atoms with E-state index < -0.39 is 17.6 Å². The van der Waals surface area contributed by atoms with Crippen LogP contribution in [0.4, 0.5) is 10.1 Å². The van der Waals surface area contributed by atoms with Gasteiger partial charge >= 0.3 is 0 Å². The van der Waals surface area contributed by atoms with Crippen LogP contribution in [0.25, 0.3) is 11.0 Å². The molecule has 0 bridgehead atoms. The number of pyridine rings is 1. The number of rotatable bonds is 7. The Labute approximate surface area is 194 Å². The molecule has 0 spiro atoms. The van der Waals surface area contributed by atoms with E-state index in [2.05, 4.69) is 20.7 Å². The molecule has 0 aliphatic heterocycles. The third kappa shape index (κ3) is 4.51. The fraction of sp³-hybridized carbons (Fsp3) is 0.167. The van der Waals surface area contributed by atoms with Crippen LogP contribution in [0.15, 0.2) is 54.9 Å². The van der Waals surface area contributed by atoms with Crippen molar-refractivity contribution in [3.8, 4) is 11.5 Å². The van der Waals surface area contributed by atoms with E-state index in [1.807, 2.05) is 12.1 Å². The number of hydrogen-bond donors (Lipinski definition) is 2. The normalized spacial score (nSPS) is 10.7. The highest BCUT2D eigenvalue weighted by Gasteiger charge is 2.15. The molecule has 2 N–H and O–H groups in total. The molecule has 4 rings (SSSR count). The summed E-state index contributed by atoms with van der Waals surface area (Å²) in [5, 5.41) is 10.1. The predicted octanol–water partition coefficient (Wildman–Crippen LogP) is 3.25. The number of carbonyl (C=O) groups excluding carboxylic acids is 2. The van der Waals surface area contributed by atoms with E-state index in [9.17, 15) is 14.0 Å². The van der Waals surface area contributed by atoms with Crippen molar-refractivity contribution in [2.75, 3.05) is 26.6 Å². The van der Waals surface area contributed by atoms with Crippen molar-refractivity contribution in [2.24, 2.45) is 0 Å². The van der Waals surface area contributed by atoms with Crippen LogP contribution in [0.3, 0.4) is 0 Å². The Kier molecular flexibility index (Phi) is 6.39. The Hall–Kier alpha value is -4.47. The van der Waals surface area contributed by atoms with E-state index in [0.717, 1.165) is 11.6 Å². The van der Waals surface area contributed by atoms with Gasteiger partial charge in [-0.25, -0.2) is 14.1 Å². The van der Waals surface area contributed by atoms with Gasteiger partial charge in [-0.15, -0.1) is 0 Å². The van der Waals surface area contributed by atoms with Gasteiger partial charge in [0.1, 0.15) is 17.3 Å². The monoisotopic (exact) mass is 463 g/mol. The van der Waals surface area contributed by atoms with E-state index in [0.29, 0.717) is 34.6 Å². The van der Waals surface area contributed by atoms with Gasteiger partial charge in [0.2, 0.25) is 0 Å². The summed E-state index contributed by atoms with van der Waals surface area (Å²) >= 11 is 0. The van der Waals surface area contributed by atoms with Crippen LogP contribution >= 0.6 is 0 Å². The number of benzene rings is 2. The Bertz CT molecular complexity index is 1390. The number of fused-ring (bicyclic) bond motifs is 1. The summed E-state index contributed by atoms with van der Waals surface area (Å²) in [6.07, 6.45) is 3.06. The number of amides is 2. The van der Waals surface area contributed by atoms with Gasteiger partial charge < -0.3 is 20.1 Å². The zero-order valence-corrected chi connectivity index (χ0v) is 18.8. The van der Waals surface area contributed by atoms with Crippen LogP contribution in [-0.2, 0) is 6.54 Å². The molecule has 0 radical (unpaired) electrons. The van der Waals surface area contributed by atoms with Gasteiger partial charge in [0.25, 0.3) is 11.8 Å². The number of nitrogens with one attached hydrogen (secondary N) is 2. The maximum atomic E-state index is 13.9. The number of nitrogens with zero attached hydrogens (tertiary/aromatic N) is 3. The molecule has 2 heterocycles. The second-order valence-corrected chi connectivity index (χ2v) is 7.34. The lowest BCUT2D eigenvalue weighted by atomic mass is 10.1. The fourth-order valence-electron chi connectivity index (χ4n) is 3.47. The molecule has 0 atom stereocenters. The average Bonchev–Trinajstić information content (AvgIpc) is 3.26. The maximum absolute atomic E-state index is 13.9. The van der Waals surface area contributed by atoms with Crippen LogP contribution < -0.4 is 20.1 Å². The summed E-state index contributed by atoms with van der Waals surface area (Å²) < 4.78 is 26.3. The molecule has 2 amide bonds. The maximum Gasteiger partial charge on any atom is 0.257 e. The highest BCUT2D eigenvalue weighted by atomic mass is 19.1. The molecule has 9 nitrogen and oxygen atoms in total. The number of anilines is 1. The molecule has 0 saturated heterocycles. The zero-order chi connectivity index (χ0) is 24.2. The molecular formula is C24H22FN5O4. The van der Waals surface area contributed by atoms with E-state index in [-0.39, 0.29) is 11.3 Å². The lowest BCUT2D eigenvalue weighted by Gasteiger charge is -2.11. The molecule has 0 aliphatic rings. The van der Waals surface area contributed by atoms with Crippen molar-refractivity contribution in [1.82, 2.24) is 20.1 Å². The van der Waals surface area contributed by atoms with Gasteiger partial charge in [0.15, 0.2) is 5.65 Å². The minimum Gasteiger partial charge on any atom is -0.497 e. The molecule has 2 aromatic heterocycles. The van der Waals surface area contributed by atoms with Gasteiger partial charge in [-0.2, -0.15) is 5.10 Å². The quantitative estimate of drug-likeness (QED) is 0.436. The Morgan fingerprint density at radius 3 is 2.59 bits per heavy atom. The molecule has 34 heavy (non-hydrogen) atoms. The largest absolute Gasteiger partial charge is 0.497 e. The van der Waals surface area contributed by atoms with E-state index >= 15 is 0 Å². The summed E-state index contributed by atoms with van der Waals surface area (Å²) in [4.78, 5) is 28.9. The number of methoxy groups -OCH3 is 2. The molecule has 0 fully saturated rings. The van der Waals surface area contributed by atoms with Crippen molar-refractivity contribution < 1.29 is 23.5 Å². The Balaban J connectivity index is 1.55. The molecule has 10 heteroatoms. The lowest BCUT2D eigenvalue weighted by molar-refractivity contribution is 0.0957. The zero-order valence-electron chi connectivity index (χ0n) is 18.8. The summed E-state index contributed by atoms with van der Waals surface area (Å²) in [6.45, 7) is 0.410. The molecule has 174 valence electrons. The Morgan fingerprint density at radius 2 is 1.85 bits per heavy atom. The second-order valence-electron chi connectivity index (χ2n) is 7.34. The number of carbonyl (C=O) groups is 2. The van der Waals surface area contributed by atoms with Crippen molar-refractivity contribution in [1.29, 1.82) is 0 Å². The number of hydrogen-bond acceptors (Lipinski definition) is 6. The SMILES string of the molecule is CNC(=O)c1cc(NC(=O)c2cnc3c(cnn3Cc3ccc(OC)cc3OC)c2)ccc1F. The second kappa shape index (κ2) is 9.57. The number of aromatic nitrogens is 3. The highest BCUT2D eigenvalue weighted by molar-refractivity contribution is 6.06. The molecular weight excluding hydrogens is 441 g/mol. The summed E-state index contributed by atoms with van der Waals surface area (Å²) in [5.74, 6) is -0.370. The first-order valence-electron chi connectivity index (χ1n) is 10.3. The standard InChI is InChI=1S/C24H22FN5O4/c1-26-24(32)19-9-17(5-7-20(19)25)29-23(31)16-8-15-12-28-30(22(15)27-11-16)13-14-4-6-18(33-2)10-21(14)34-3/h4-12H,13H2,1-3H3,(H,26,32)(H,29,31). The van der Waals surface area contributed by atoms with Crippen LogP contribution in [-0.4, -0.2) is 47.8 Å². The molecule has 2 aromatic carbocycles. The van der Waals surface area contributed by atoms with Crippen molar-refractivity contribution in [3.63, 3.8) is 0 Å². The number of ether oxygens (including phenoxy) is 2. The first-order chi connectivity index (χ1) is 16.4. The van der Waals surface area contributed by atoms with Crippen molar-refractivity contribution in [3.05, 3.63) is 77.4 Å². The summed E-state index contributed by atoms with van der Waals surface area (Å²) in [5.41, 5.74) is 1.90. The molecule has 0 aliphatic carbocycles. The fourth-order valence-corrected chi connectivity index (χ4v) is 3.47. The van der Waals surface area contributed by atoms with Crippen LogP contribution in [0.2, 0.25) is 0 Å². The highest BCUT2D eigenvalue weighted by Crippen LogP contribution is 2.26. The average molecular weight is 463 g/mol. The van der Waals surface area contributed by atoms with E-state index in [1.165, 1.54) is 25.4 Å². The Morgan fingerprint density at radius 1 is 1.03 bits per heavy atom. The molecule has 4 aromatic rings. The van der Waals surface area contributed by atoms with Crippen molar-refractivity contribution in [2.45, 2.75) is 6.54 Å². The van der Waals surface area contributed by atoms with Crippen LogP contribution in [0.1, 0.15) is 26.3 Å². The van der Waals surface area contributed by atoms with E-state index in [1.54, 1.807) is 37.2 Å². The predicted molar refractivity (Wildman–Crippen MR) is 124 cm³/mol. The lowest BCUT2D eigenvalue weighted by Crippen LogP contribution is -2.20. The van der Waals surface area contributed by atoms with Gasteiger partial charge in [-0.1, -0.05) is 0 Å². The van der Waals surface area contributed by atoms with Gasteiger partial charge in [0.05, 0.1) is 38.1 Å².